The van der Waals surface area contributed by atoms with E-state index in [0.29, 0.717) is 0 Å². The predicted octanol–water partition coefficient (Wildman–Crippen LogP) is 2.38. The fourth-order valence-electron chi connectivity index (χ4n) is 1.06. The number of nitrogens with one attached hydrogen (secondary N) is 1. The highest BCUT2D eigenvalue weighted by Crippen LogP contribution is 1.99. The predicted molar refractivity (Wildman–Crippen MR) is 58.2 cm³/mol. The van der Waals surface area contributed by atoms with E-state index in [9.17, 15) is 4.79 Å². The summed E-state index contributed by atoms with van der Waals surface area (Å²) >= 11 is 0. The summed E-state index contributed by atoms with van der Waals surface area (Å²) in [5.74, 6) is 0.0363. The van der Waals surface area contributed by atoms with Crippen LogP contribution in [0.4, 0.5) is 0 Å². The second-order valence-corrected chi connectivity index (χ2v) is 3.02. The average Bonchev–Trinajstić information content (AvgIpc) is 2.25. The van der Waals surface area contributed by atoms with E-state index in [-0.39, 0.29) is 5.78 Å². The van der Waals surface area contributed by atoms with E-state index >= 15 is 0 Å². The van der Waals surface area contributed by atoms with Gasteiger partial charge in [-0.1, -0.05) is 37.3 Å². The smallest absolute Gasteiger partial charge is 0.187 e. The molecule has 2 heteroatoms. The normalized spacial score (nSPS) is 10.4. The Morgan fingerprint density at radius 3 is 2.71 bits per heavy atom. The van der Waals surface area contributed by atoms with Gasteiger partial charge in [0.15, 0.2) is 5.78 Å². The maximum atomic E-state index is 11.5. The van der Waals surface area contributed by atoms with Crippen LogP contribution in [0.25, 0.3) is 0 Å². The molecule has 0 bridgehead atoms. The van der Waals surface area contributed by atoms with Crippen LogP contribution in [-0.2, 0) is 0 Å². The van der Waals surface area contributed by atoms with Crippen LogP contribution in [0.3, 0.4) is 0 Å². The minimum Gasteiger partial charge on any atom is -0.391 e. The zero-order chi connectivity index (χ0) is 10.2. The molecule has 14 heavy (non-hydrogen) atoms. The van der Waals surface area contributed by atoms with Crippen LogP contribution in [0, 0.1) is 0 Å². The van der Waals surface area contributed by atoms with Gasteiger partial charge in [-0.25, -0.2) is 0 Å². The Morgan fingerprint density at radius 2 is 2.07 bits per heavy atom. The lowest BCUT2D eigenvalue weighted by atomic mass is 10.1. The number of ketones is 1. The van der Waals surface area contributed by atoms with E-state index in [4.69, 9.17) is 0 Å². The van der Waals surface area contributed by atoms with Crippen LogP contribution >= 0.6 is 0 Å². The van der Waals surface area contributed by atoms with Gasteiger partial charge < -0.3 is 5.32 Å². The minimum absolute atomic E-state index is 0.0363. The summed E-state index contributed by atoms with van der Waals surface area (Å²) < 4.78 is 0. The average molecular weight is 189 g/mol. The molecule has 0 atom stereocenters. The van der Waals surface area contributed by atoms with Crippen molar-refractivity contribution < 1.29 is 4.79 Å². The molecule has 0 saturated heterocycles. The molecule has 0 heterocycles. The van der Waals surface area contributed by atoms with E-state index in [0.717, 1.165) is 18.5 Å². The lowest BCUT2D eigenvalue weighted by Gasteiger charge is -1.96. The Bertz CT molecular complexity index is 303. The second kappa shape index (κ2) is 5.97. The highest BCUT2D eigenvalue weighted by atomic mass is 16.1. The maximum Gasteiger partial charge on any atom is 0.187 e. The monoisotopic (exact) mass is 189 g/mol. The summed E-state index contributed by atoms with van der Waals surface area (Å²) in [6.07, 6.45) is 4.33. The molecule has 0 spiro atoms. The number of carbonyl (C=O) groups is 1. The minimum atomic E-state index is 0.0363. The van der Waals surface area contributed by atoms with Crippen LogP contribution in [0.1, 0.15) is 23.7 Å². The van der Waals surface area contributed by atoms with Crippen molar-refractivity contribution in [3.05, 3.63) is 48.2 Å². The number of carbonyl (C=O) groups excluding carboxylic acids is 1. The van der Waals surface area contributed by atoms with Gasteiger partial charge in [0.1, 0.15) is 0 Å². The number of hydrogen-bond acceptors (Lipinski definition) is 2. The quantitative estimate of drug-likeness (QED) is 0.438. The molecular weight excluding hydrogens is 174 g/mol. The summed E-state index contributed by atoms with van der Waals surface area (Å²) in [5.41, 5.74) is 0.724. The first-order valence-electron chi connectivity index (χ1n) is 4.84. The molecule has 0 radical (unpaired) electrons. The summed E-state index contributed by atoms with van der Waals surface area (Å²) in [7, 11) is 0. The largest absolute Gasteiger partial charge is 0.391 e. The molecule has 0 aliphatic carbocycles. The van der Waals surface area contributed by atoms with Crippen molar-refractivity contribution in [3.8, 4) is 0 Å². The van der Waals surface area contributed by atoms with Gasteiger partial charge in [-0.3, -0.25) is 4.79 Å². The lowest BCUT2D eigenvalue weighted by Crippen LogP contribution is -2.06. The zero-order valence-electron chi connectivity index (χ0n) is 8.36. The third-order valence-electron chi connectivity index (χ3n) is 1.81. The van der Waals surface area contributed by atoms with Gasteiger partial charge in [-0.2, -0.15) is 0 Å². The van der Waals surface area contributed by atoms with E-state index in [1.807, 2.05) is 30.3 Å². The first-order valence-corrected chi connectivity index (χ1v) is 4.84. The Balaban J connectivity index is 2.47. The molecule has 0 fully saturated rings. The Kier molecular flexibility index (Phi) is 4.48. The molecule has 1 N–H and O–H groups in total. The topological polar surface area (TPSA) is 29.1 Å². The van der Waals surface area contributed by atoms with Gasteiger partial charge in [0.2, 0.25) is 0 Å². The van der Waals surface area contributed by atoms with Crippen LogP contribution in [-0.4, -0.2) is 12.3 Å². The summed E-state index contributed by atoms with van der Waals surface area (Å²) in [6, 6.07) is 9.25. The standard InChI is InChI=1S/C12H15NO/c1-2-9-13-10-8-12(14)11-6-4-3-5-7-11/h3-8,10,13H,2,9H2,1H3/b10-8+. The summed E-state index contributed by atoms with van der Waals surface area (Å²) in [4.78, 5) is 11.5. The van der Waals surface area contributed by atoms with Crippen molar-refractivity contribution in [1.82, 2.24) is 5.32 Å². The van der Waals surface area contributed by atoms with Gasteiger partial charge in [-0.05, 0) is 6.42 Å². The third-order valence-corrected chi connectivity index (χ3v) is 1.81. The Labute approximate surface area is 84.6 Å². The highest BCUT2D eigenvalue weighted by molar-refractivity contribution is 6.04. The number of allylic oxidation sites excluding steroid dienone is 1. The third kappa shape index (κ3) is 3.44. The molecule has 0 aliphatic heterocycles. The zero-order valence-corrected chi connectivity index (χ0v) is 8.36. The fraction of sp³-hybridized carbons (Fsp3) is 0.250. The molecule has 1 aromatic rings. The van der Waals surface area contributed by atoms with E-state index in [2.05, 4.69) is 12.2 Å². The van der Waals surface area contributed by atoms with Crippen molar-refractivity contribution >= 4 is 5.78 Å². The number of benzene rings is 1. The van der Waals surface area contributed by atoms with Crippen LogP contribution < -0.4 is 5.32 Å². The van der Waals surface area contributed by atoms with Gasteiger partial charge in [0.05, 0.1) is 0 Å². The molecule has 0 aromatic heterocycles. The molecule has 0 saturated carbocycles. The van der Waals surface area contributed by atoms with Gasteiger partial charge >= 0.3 is 0 Å². The van der Waals surface area contributed by atoms with Crippen molar-refractivity contribution in [2.24, 2.45) is 0 Å². The van der Waals surface area contributed by atoms with Gasteiger partial charge in [-0.15, -0.1) is 0 Å². The number of hydrogen-bond donors (Lipinski definition) is 1. The molecule has 0 unspecified atom stereocenters. The molecule has 1 aromatic carbocycles. The van der Waals surface area contributed by atoms with Crippen molar-refractivity contribution in [2.75, 3.05) is 6.54 Å². The Hall–Kier alpha value is -1.57. The lowest BCUT2D eigenvalue weighted by molar-refractivity contribution is 0.104. The first-order chi connectivity index (χ1) is 6.84. The molecule has 1 rings (SSSR count). The van der Waals surface area contributed by atoms with E-state index in [1.54, 1.807) is 12.3 Å². The number of rotatable bonds is 5. The van der Waals surface area contributed by atoms with E-state index < -0.39 is 0 Å². The van der Waals surface area contributed by atoms with Crippen molar-refractivity contribution in [1.29, 1.82) is 0 Å². The summed E-state index contributed by atoms with van der Waals surface area (Å²) in [5, 5.41) is 3.03. The van der Waals surface area contributed by atoms with Crippen LogP contribution in [0.2, 0.25) is 0 Å². The highest BCUT2D eigenvalue weighted by Gasteiger charge is 1.97. The molecular formula is C12H15NO. The fourth-order valence-corrected chi connectivity index (χ4v) is 1.06. The molecule has 0 aliphatic rings. The second-order valence-electron chi connectivity index (χ2n) is 3.02. The van der Waals surface area contributed by atoms with Gasteiger partial charge in [0, 0.05) is 24.4 Å². The maximum absolute atomic E-state index is 11.5. The van der Waals surface area contributed by atoms with Crippen LogP contribution in [0.5, 0.6) is 0 Å². The van der Waals surface area contributed by atoms with Crippen molar-refractivity contribution in [2.45, 2.75) is 13.3 Å². The summed E-state index contributed by atoms with van der Waals surface area (Å²) in [6.45, 7) is 2.98. The van der Waals surface area contributed by atoms with Crippen LogP contribution in [0.15, 0.2) is 42.6 Å². The van der Waals surface area contributed by atoms with Crippen molar-refractivity contribution in [3.63, 3.8) is 0 Å². The molecule has 74 valence electrons. The SMILES string of the molecule is CCCN/C=C/C(=O)c1ccccc1. The molecule has 0 amide bonds. The molecule has 2 nitrogen and oxygen atoms in total. The van der Waals surface area contributed by atoms with E-state index in [1.165, 1.54) is 0 Å². The Morgan fingerprint density at radius 1 is 1.36 bits per heavy atom. The first kappa shape index (κ1) is 10.5. The van der Waals surface area contributed by atoms with Gasteiger partial charge in [0.25, 0.3) is 0 Å².